The first kappa shape index (κ1) is 10.5. The van der Waals surface area contributed by atoms with Gasteiger partial charge in [-0.2, -0.15) is 0 Å². The van der Waals surface area contributed by atoms with Crippen molar-refractivity contribution in [3.63, 3.8) is 0 Å². The highest BCUT2D eigenvalue weighted by Gasteiger charge is 2.22. The van der Waals surface area contributed by atoms with Gasteiger partial charge in [0.15, 0.2) is 0 Å². The average Bonchev–Trinajstić information content (AvgIpc) is 2.90. The van der Waals surface area contributed by atoms with E-state index in [2.05, 4.69) is 15.0 Å². The summed E-state index contributed by atoms with van der Waals surface area (Å²) in [4.78, 5) is 13.3. The molecular formula is C13H11N3S. The maximum absolute atomic E-state index is 4.68. The zero-order chi connectivity index (χ0) is 11.5. The standard InChI is InChI=1S/C13H11N3S/c1-3-7-14-10(5-1)12-9-17-13(16-12)11-6-2-4-8-15-11/h1-8,12H,9H2. The Morgan fingerprint density at radius 3 is 2.53 bits per heavy atom. The molecule has 0 N–H and O–H groups in total. The lowest BCUT2D eigenvalue weighted by Crippen LogP contribution is -1.97. The van der Waals surface area contributed by atoms with Gasteiger partial charge >= 0.3 is 0 Å². The maximum Gasteiger partial charge on any atom is 0.117 e. The number of hydrogen-bond acceptors (Lipinski definition) is 4. The van der Waals surface area contributed by atoms with Gasteiger partial charge in [-0.1, -0.05) is 12.1 Å². The Bertz CT molecular complexity index is 525. The number of thioether (sulfide) groups is 1. The first-order chi connectivity index (χ1) is 8.43. The summed E-state index contributed by atoms with van der Waals surface area (Å²) in [6, 6.07) is 12.0. The van der Waals surface area contributed by atoms with E-state index in [0.717, 1.165) is 22.2 Å². The van der Waals surface area contributed by atoms with Crippen molar-refractivity contribution in [2.75, 3.05) is 5.75 Å². The summed E-state index contributed by atoms with van der Waals surface area (Å²) in [6.45, 7) is 0. The molecule has 84 valence electrons. The van der Waals surface area contributed by atoms with E-state index in [0.29, 0.717) is 0 Å². The number of hydrogen-bond donors (Lipinski definition) is 0. The van der Waals surface area contributed by atoms with E-state index in [1.807, 2.05) is 42.6 Å². The molecule has 1 aliphatic heterocycles. The Morgan fingerprint density at radius 1 is 1.00 bits per heavy atom. The Morgan fingerprint density at radius 2 is 1.82 bits per heavy atom. The van der Waals surface area contributed by atoms with Crippen LogP contribution in [0.15, 0.2) is 53.8 Å². The quantitative estimate of drug-likeness (QED) is 0.811. The molecule has 1 atom stereocenters. The van der Waals surface area contributed by atoms with E-state index in [4.69, 9.17) is 0 Å². The number of rotatable bonds is 2. The second-order valence-electron chi connectivity index (χ2n) is 3.73. The molecule has 2 aromatic heterocycles. The van der Waals surface area contributed by atoms with E-state index in [1.54, 1.807) is 18.0 Å². The van der Waals surface area contributed by atoms with Crippen LogP contribution in [-0.4, -0.2) is 20.8 Å². The summed E-state index contributed by atoms with van der Waals surface area (Å²) in [7, 11) is 0. The van der Waals surface area contributed by atoms with Crippen molar-refractivity contribution >= 4 is 16.8 Å². The van der Waals surface area contributed by atoms with Gasteiger partial charge < -0.3 is 0 Å². The van der Waals surface area contributed by atoms with Gasteiger partial charge in [-0.05, 0) is 24.3 Å². The Kier molecular flexibility index (Phi) is 2.88. The smallest absolute Gasteiger partial charge is 0.117 e. The second-order valence-corrected chi connectivity index (χ2v) is 4.74. The van der Waals surface area contributed by atoms with Crippen molar-refractivity contribution < 1.29 is 0 Å². The lowest BCUT2D eigenvalue weighted by atomic mass is 10.2. The van der Waals surface area contributed by atoms with Gasteiger partial charge in [-0.25, -0.2) is 0 Å². The minimum atomic E-state index is 0.165. The van der Waals surface area contributed by atoms with Crippen LogP contribution in [0.25, 0.3) is 0 Å². The molecular weight excluding hydrogens is 230 g/mol. The van der Waals surface area contributed by atoms with Crippen LogP contribution in [0.2, 0.25) is 0 Å². The molecule has 0 amide bonds. The Labute approximate surface area is 104 Å². The van der Waals surface area contributed by atoms with E-state index in [1.165, 1.54) is 0 Å². The van der Waals surface area contributed by atoms with Crippen molar-refractivity contribution in [2.45, 2.75) is 6.04 Å². The molecule has 0 aliphatic carbocycles. The predicted octanol–water partition coefficient (Wildman–Crippen LogP) is 2.71. The van der Waals surface area contributed by atoms with Crippen LogP contribution < -0.4 is 0 Å². The maximum atomic E-state index is 4.68. The normalized spacial score (nSPS) is 19.1. The highest BCUT2D eigenvalue weighted by Crippen LogP contribution is 2.31. The SMILES string of the molecule is c1ccc(C2=NC(c3ccccn3)CS2)nc1. The molecule has 2 aromatic rings. The van der Waals surface area contributed by atoms with Gasteiger partial charge in [0.25, 0.3) is 0 Å². The molecule has 0 saturated heterocycles. The number of pyridine rings is 2. The summed E-state index contributed by atoms with van der Waals surface area (Å²) in [5.74, 6) is 0.947. The van der Waals surface area contributed by atoms with E-state index < -0.39 is 0 Å². The van der Waals surface area contributed by atoms with Crippen LogP contribution in [0.3, 0.4) is 0 Å². The third-order valence-corrected chi connectivity index (χ3v) is 3.63. The molecule has 0 spiro atoms. The Balaban J connectivity index is 1.87. The van der Waals surface area contributed by atoms with Crippen LogP contribution >= 0.6 is 11.8 Å². The largest absolute Gasteiger partial charge is 0.266 e. The monoisotopic (exact) mass is 241 g/mol. The van der Waals surface area contributed by atoms with Crippen LogP contribution in [0.4, 0.5) is 0 Å². The van der Waals surface area contributed by atoms with Gasteiger partial charge in [-0.15, -0.1) is 11.8 Å². The van der Waals surface area contributed by atoms with E-state index >= 15 is 0 Å². The fourth-order valence-electron chi connectivity index (χ4n) is 1.73. The van der Waals surface area contributed by atoms with Crippen LogP contribution in [0.1, 0.15) is 17.4 Å². The molecule has 0 saturated carbocycles. The predicted molar refractivity (Wildman–Crippen MR) is 70.2 cm³/mol. The molecule has 1 aliphatic rings. The molecule has 0 radical (unpaired) electrons. The summed E-state index contributed by atoms with van der Waals surface area (Å²) < 4.78 is 0. The van der Waals surface area contributed by atoms with Crippen molar-refractivity contribution in [1.29, 1.82) is 0 Å². The van der Waals surface area contributed by atoms with Gasteiger partial charge in [0.1, 0.15) is 11.1 Å². The van der Waals surface area contributed by atoms with E-state index in [-0.39, 0.29) is 6.04 Å². The molecule has 3 rings (SSSR count). The first-order valence-corrected chi connectivity index (χ1v) is 6.45. The average molecular weight is 241 g/mol. The fourth-order valence-corrected chi connectivity index (χ4v) is 2.76. The van der Waals surface area contributed by atoms with Gasteiger partial charge in [0.2, 0.25) is 0 Å². The first-order valence-electron chi connectivity index (χ1n) is 5.46. The van der Waals surface area contributed by atoms with Crippen molar-refractivity contribution in [3.05, 3.63) is 60.2 Å². The van der Waals surface area contributed by atoms with E-state index in [9.17, 15) is 0 Å². The second kappa shape index (κ2) is 4.67. The van der Waals surface area contributed by atoms with Crippen molar-refractivity contribution in [3.8, 4) is 0 Å². The van der Waals surface area contributed by atoms with Crippen LogP contribution in [0.5, 0.6) is 0 Å². The van der Waals surface area contributed by atoms with Gasteiger partial charge in [0.05, 0.1) is 11.4 Å². The highest BCUT2D eigenvalue weighted by atomic mass is 32.2. The van der Waals surface area contributed by atoms with Crippen molar-refractivity contribution in [1.82, 2.24) is 9.97 Å². The molecule has 3 nitrogen and oxygen atoms in total. The third-order valence-electron chi connectivity index (χ3n) is 2.56. The van der Waals surface area contributed by atoms with Crippen molar-refractivity contribution in [2.24, 2.45) is 4.99 Å². The highest BCUT2D eigenvalue weighted by molar-refractivity contribution is 8.14. The lowest BCUT2D eigenvalue weighted by Gasteiger charge is -2.02. The molecule has 0 fully saturated rings. The molecule has 3 heterocycles. The van der Waals surface area contributed by atoms with Crippen LogP contribution in [0, 0.1) is 0 Å². The molecule has 17 heavy (non-hydrogen) atoms. The molecule has 4 heteroatoms. The van der Waals surface area contributed by atoms with Crippen LogP contribution in [-0.2, 0) is 0 Å². The fraction of sp³-hybridized carbons (Fsp3) is 0.154. The minimum absolute atomic E-state index is 0.165. The summed E-state index contributed by atoms with van der Waals surface area (Å²) in [5.41, 5.74) is 1.99. The molecule has 1 unspecified atom stereocenters. The van der Waals surface area contributed by atoms with Gasteiger partial charge in [0, 0.05) is 18.1 Å². The summed E-state index contributed by atoms with van der Waals surface area (Å²) in [6.07, 6.45) is 3.61. The molecule has 0 bridgehead atoms. The number of nitrogens with zero attached hydrogens (tertiary/aromatic N) is 3. The lowest BCUT2D eigenvalue weighted by molar-refractivity contribution is 0.808. The minimum Gasteiger partial charge on any atom is -0.266 e. The number of aliphatic imine (C=N–C) groups is 1. The third kappa shape index (κ3) is 2.22. The zero-order valence-electron chi connectivity index (χ0n) is 9.15. The Hall–Kier alpha value is -1.68. The number of aromatic nitrogens is 2. The molecule has 0 aromatic carbocycles. The zero-order valence-corrected chi connectivity index (χ0v) is 9.97. The summed E-state index contributed by atoms with van der Waals surface area (Å²) >= 11 is 1.75. The topological polar surface area (TPSA) is 38.1 Å². The summed E-state index contributed by atoms with van der Waals surface area (Å²) in [5, 5.41) is 1.02. The van der Waals surface area contributed by atoms with Gasteiger partial charge in [-0.3, -0.25) is 15.0 Å².